The molecule has 1 aromatic rings. The van der Waals surface area contributed by atoms with Crippen LogP contribution in [0.1, 0.15) is 18.4 Å². The zero-order valence-electron chi connectivity index (χ0n) is 11.5. The van der Waals surface area contributed by atoms with Crippen molar-refractivity contribution in [2.45, 2.75) is 19.3 Å². The van der Waals surface area contributed by atoms with E-state index in [9.17, 15) is 4.79 Å². The van der Waals surface area contributed by atoms with Crippen molar-refractivity contribution >= 4 is 5.91 Å². The average Bonchev–Trinajstić information content (AvgIpc) is 2.74. The van der Waals surface area contributed by atoms with Gasteiger partial charge in [-0.1, -0.05) is 12.1 Å². The lowest BCUT2D eigenvalue weighted by molar-refractivity contribution is -0.130. The minimum Gasteiger partial charge on any atom is -0.497 e. The van der Waals surface area contributed by atoms with Gasteiger partial charge in [-0.05, 0) is 37.1 Å². The summed E-state index contributed by atoms with van der Waals surface area (Å²) in [5.41, 5.74) is 1.18. The molecule has 2 rings (SSSR count). The molecular weight excluding hydrogens is 240 g/mol. The SMILES string of the molecule is COc1ccc(CCC(=O)N2CCCNCC2)cc1. The Morgan fingerprint density at radius 2 is 2.05 bits per heavy atom. The van der Waals surface area contributed by atoms with Crippen LogP contribution in [0.5, 0.6) is 5.75 Å². The molecule has 1 fully saturated rings. The summed E-state index contributed by atoms with van der Waals surface area (Å²) in [6, 6.07) is 7.93. The minimum atomic E-state index is 0.263. The van der Waals surface area contributed by atoms with Crippen molar-refractivity contribution in [1.82, 2.24) is 10.2 Å². The molecule has 0 radical (unpaired) electrons. The third-order valence-electron chi connectivity index (χ3n) is 3.48. The smallest absolute Gasteiger partial charge is 0.222 e. The highest BCUT2D eigenvalue weighted by Crippen LogP contribution is 2.13. The molecule has 0 spiro atoms. The molecule has 19 heavy (non-hydrogen) atoms. The number of hydrogen-bond acceptors (Lipinski definition) is 3. The lowest BCUT2D eigenvalue weighted by Gasteiger charge is -2.19. The predicted molar refractivity (Wildman–Crippen MR) is 75.4 cm³/mol. The summed E-state index contributed by atoms with van der Waals surface area (Å²) in [5, 5.41) is 3.31. The van der Waals surface area contributed by atoms with Crippen LogP contribution in [0.4, 0.5) is 0 Å². The second-order valence-corrected chi connectivity index (χ2v) is 4.83. The largest absolute Gasteiger partial charge is 0.497 e. The van der Waals surface area contributed by atoms with E-state index in [-0.39, 0.29) is 5.91 Å². The lowest BCUT2D eigenvalue weighted by atomic mass is 10.1. The summed E-state index contributed by atoms with van der Waals surface area (Å²) in [4.78, 5) is 14.1. The molecule has 4 nitrogen and oxygen atoms in total. The van der Waals surface area contributed by atoms with Gasteiger partial charge in [0.15, 0.2) is 0 Å². The van der Waals surface area contributed by atoms with Crippen molar-refractivity contribution in [2.24, 2.45) is 0 Å². The van der Waals surface area contributed by atoms with E-state index in [4.69, 9.17) is 4.74 Å². The monoisotopic (exact) mass is 262 g/mol. The molecule has 1 aliphatic heterocycles. The third kappa shape index (κ3) is 4.24. The van der Waals surface area contributed by atoms with Gasteiger partial charge in [-0.2, -0.15) is 0 Å². The van der Waals surface area contributed by atoms with Gasteiger partial charge in [0, 0.05) is 26.1 Å². The van der Waals surface area contributed by atoms with Crippen LogP contribution < -0.4 is 10.1 Å². The van der Waals surface area contributed by atoms with Gasteiger partial charge in [0.25, 0.3) is 0 Å². The second-order valence-electron chi connectivity index (χ2n) is 4.83. The van der Waals surface area contributed by atoms with E-state index in [0.29, 0.717) is 6.42 Å². The van der Waals surface area contributed by atoms with Crippen molar-refractivity contribution in [2.75, 3.05) is 33.3 Å². The summed E-state index contributed by atoms with van der Waals surface area (Å²) >= 11 is 0. The van der Waals surface area contributed by atoms with E-state index in [1.807, 2.05) is 29.2 Å². The number of rotatable bonds is 4. The van der Waals surface area contributed by atoms with Crippen molar-refractivity contribution in [1.29, 1.82) is 0 Å². The number of methoxy groups -OCH3 is 1. The van der Waals surface area contributed by atoms with E-state index in [2.05, 4.69) is 5.32 Å². The van der Waals surface area contributed by atoms with Gasteiger partial charge >= 0.3 is 0 Å². The van der Waals surface area contributed by atoms with Gasteiger partial charge in [-0.15, -0.1) is 0 Å². The number of ether oxygens (including phenoxy) is 1. The Morgan fingerprint density at radius 3 is 2.79 bits per heavy atom. The van der Waals surface area contributed by atoms with Gasteiger partial charge in [-0.25, -0.2) is 0 Å². The Morgan fingerprint density at radius 1 is 1.26 bits per heavy atom. The fourth-order valence-corrected chi connectivity index (χ4v) is 2.30. The van der Waals surface area contributed by atoms with E-state index in [1.165, 1.54) is 5.56 Å². The third-order valence-corrected chi connectivity index (χ3v) is 3.48. The molecule has 1 aromatic carbocycles. The summed E-state index contributed by atoms with van der Waals surface area (Å²) in [6.45, 7) is 3.65. The second kappa shape index (κ2) is 7.14. The fourth-order valence-electron chi connectivity index (χ4n) is 2.30. The van der Waals surface area contributed by atoms with Crippen LogP contribution in [0, 0.1) is 0 Å². The van der Waals surface area contributed by atoms with Gasteiger partial charge < -0.3 is 15.0 Å². The predicted octanol–water partition coefficient (Wildman–Crippen LogP) is 1.45. The summed E-state index contributed by atoms with van der Waals surface area (Å²) < 4.78 is 5.12. The van der Waals surface area contributed by atoms with Crippen molar-refractivity contribution in [3.05, 3.63) is 29.8 Å². The molecule has 1 aliphatic rings. The topological polar surface area (TPSA) is 41.6 Å². The molecule has 1 N–H and O–H groups in total. The zero-order chi connectivity index (χ0) is 13.5. The first-order valence-electron chi connectivity index (χ1n) is 6.91. The molecule has 0 bridgehead atoms. The number of aryl methyl sites for hydroxylation is 1. The molecule has 1 amide bonds. The van der Waals surface area contributed by atoms with Gasteiger partial charge in [0.05, 0.1) is 7.11 Å². The minimum absolute atomic E-state index is 0.263. The first-order valence-corrected chi connectivity index (χ1v) is 6.91. The van der Waals surface area contributed by atoms with Crippen molar-refractivity contribution < 1.29 is 9.53 Å². The highest BCUT2D eigenvalue weighted by Gasteiger charge is 2.14. The Labute approximate surface area is 114 Å². The molecule has 0 atom stereocenters. The number of amides is 1. The molecule has 0 aliphatic carbocycles. The van der Waals surface area contributed by atoms with Gasteiger partial charge in [0.1, 0.15) is 5.75 Å². The molecule has 0 saturated carbocycles. The number of hydrogen-bond donors (Lipinski definition) is 1. The van der Waals surface area contributed by atoms with E-state index in [0.717, 1.165) is 44.8 Å². The summed E-state index contributed by atoms with van der Waals surface area (Å²) in [7, 11) is 1.66. The first-order chi connectivity index (χ1) is 9.29. The molecular formula is C15H22N2O2. The number of nitrogens with one attached hydrogen (secondary N) is 1. The van der Waals surface area contributed by atoms with Crippen LogP contribution in [-0.2, 0) is 11.2 Å². The van der Waals surface area contributed by atoms with Crippen LogP contribution >= 0.6 is 0 Å². The molecule has 0 aromatic heterocycles. The Kier molecular flexibility index (Phi) is 5.21. The zero-order valence-corrected chi connectivity index (χ0v) is 11.5. The first kappa shape index (κ1) is 13.9. The normalized spacial score (nSPS) is 15.9. The van der Waals surface area contributed by atoms with E-state index >= 15 is 0 Å². The van der Waals surface area contributed by atoms with Crippen LogP contribution in [-0.4, -0.2) is 44.1 Å². The van der Waals surface area contributed by atoms with Gasteiger partial charge in [0.2, 0.25) is 5.91 Å². The van der Waals surface area contributed by atoms with Crippen LogP contribution in [0.15, 0.2) is 24.3 Å². The molecule has 104 valence electrons. The van der Waals surface area contributed by atoms with Gasteiger partial charge in [-0.3, -0.25) is 4.79 Å². The molecule has 1 saturated heterocycles. The molecule has 0 unspecified atom stereocenters. The molecule has 4 heteroatoms. The van der Waals surface area contributed by atoms with Crippen molar-refractivity contribution in [3.8, 4) is 5.75 Å². The van der Waals surface area contributed by atoms with Crippen molar-refractivity contribution in [3.63, 3.8) is 0 Å². The number of benzene rings is 1. The average molecular weight is 262 g/mol. The maximum absolute atomic E-state index is 12.1. The standard InChI is InChI=1S/C15H22N2O2/c1-19-14-6-3-13(4-7-14)5-8-15(18)17-11-2-9-16-10-12-17/h3-4,6-7,16H,2,5,8-12H2,1H3. The maximum atomic E-state index is 12.1. The highest BCUT2D eigenvalue weighted by molar-refractivity contribution is 5.76. The summed E-state index contributed by atoms with van der Waals surface area (Å²) in [6.07, 6.45) is 2.44. The van der Waals surface area contributed by atoms with Crippen LogP contribution in [0.3, 0.4) is 0 Å². The van der Waals surface area contributed by atoms with Crippen LogP contribution in [0.25, 0.3) is 0 Å². The highest BCUT2D eigenvalue weighted by atomic mass is 16.5. The maximum Gasteiger partial charge on any atom is 0.222 e. The van der Waals surface area contributed by atoms with E-state index < -0.39 is 0 Å². The molecule has 1 heterocycles. The number of carbonyl (C=O) groups is 1. The quantitative estimate of drug-likeness (QED) is 0.893. The Bertz CT molecular complexity index is 395. The lowest BCUT2D eigenvalue weighted by Crippen LogP contribution is -2.34. The van der Waals surface area contributed by atoms with E-state index in [1.54, 1.807) is 7.11 Å². The van der Waals surface area contributed by atoms with Crippen LogP contribution in [0.2, 0.25) is 0 Å². The Balaban J connectivity index is 1.81. The number of nitrogens with zero attached hydrogens (tertiary/aromatic N) is 1. The fraction of sp³-hybridized carbons (Fsp3) is 0.533. The summed E-state index contributed by atoms with van der Waals surface area (Å²) in [5.74, 6) is 1.12. The Hall–Kier alpha value is -1.55. The number of carbonyl (C=O) groups excluding carboxylic acids is 1.